The molecular weight excluding hydrogens is 263 g/mol. The van der Waals surface area contributed by atoms with Crippen LogP contribution in [-0.4, -0.2) is 4.98 Å². The number of fused-ring (bicyclic) bond motifs is 1. The molecule has 0 spiro atoms. The molecular formula is C18H19FN2. The molecule has 3 rings (SSSR count). The zero-order chi connectivity index (χ0) is 14.8. The molecule has 0 aliphatic rings. The van der Waals surface area contributed by atoms with Gasteiger partial charge in [-0.1, -0.05) is 30.3 Å². The van der Waals surface area contributed by atoms with Crippen molar-refractivity contribution in [3.63, 3.8) is 0 Å². The monoisotopic (exact) mass is 282 g/mol. The number of benzene rings is 2. The summed E-state index contributed by atoms with van der Waals surface area (Å²) < 4.78 is 13.6. The number of hydrogen-bond donors (Lipinski definition) is 2. The molecule has 0 saturated carbocycles. The van der Waals surface area contributed by atoms with Crippen molar-refractivity contribution in [2.24, 2.45) is 0 Å². The van der Waals surface area contributed by atoms with Gasteiger partial charge in [0.15, 0.2) is 0 Å². The third kappa shape index (κ3) is 2.83. The first-order valence-electron chi connectivity index (χ1n) is 7.16. The fourth-order valence-corrected chi connectivity index (χ4v) is 2.78. The molecule has 2 nitrogen and oxygen atoms in total. The van der Waals surface area contributed by atoms with Crippen LogP contribution in [0.2, 0.25) is 0 Å². The van der Waals surface area contributed by atoms with Gasteiger partial charge in [-0.3, -0.25) is 0 Å². The van der Waals surface area contributed by atoms with Crippen LogP contribution in [0.15, 0.2) is 42.6 Å². The van der Waals surface area contributed by atoms with Gasteiger partial charge in [-0.05, 0) is 47.6 Å². The van der Waals surface area contributed by atoms with Crippen molar-refractivity contribution in [3.05, 3.63) is 70.7 Å². The Bertz CT molecular complexity index is 751. The number of H-pyrrole nitrogens is 1. The van der Waals surface area contributed by atoms with Crippen LogP contribution >= 0.6 is 0 Å². The summed E-state index contributed by atoms with van der Waals surface area (Å²) >= 11 is 0. The normalized spacial score (nSPS) is 11.2. The highest BCUT2D eigenvalue weighted by atomic mass is 19.1. The zero-order valence-corrected chi connectivity index (χ0v) is 12.3. The Kier molecular flexibility index (Phi) is 3.76. The number of aryl methyl sites for hydroxylation is 2. The van der Waals surface area contributed by atoms with E-state index in [1.165, 1.54) is 16.5 Å². The second-order valence-electron chi connectivity index (χ2n) is 5.51. The number of aromatic amines is 1. The topological polar surface area (TPSA) is 27.8 Å². The van der Waals surface area contributed by atoms with E-state index >= 15 is 0 Å². The van der Waals surface area contributed by atoms with Crippen LogP contribution in [0.3, 0.4) is 0 Å². The van der Waals surface area contributed by atoms with Crippen molar-refractivity contribution in [1.82, 2.24) is 10.3 Å². The van der Waals surface area contributed by atoms with Crippen molar-refractivity contribution >= 4 is 10.9 Å². The molecule has 0 radical (unpaired) electrons. The standard InChI is InChI=1S/C18H19FN2/c1-12-8-14(9-13(2)17(12)19)10-20-11-16-5-3-4-15-6-7-21-18(15)16/h3-9,20-21H,10-11H2,1-2H3. The predicted molar refractivity (Wildman–Crippen MR) is 84.7 cm³/mol. The molecule has 108 valence electrons. The SMILES string of the molecule is Cc1cc(CNCc2cccc3cc[nH]c23)cc(C)c1F. The van der Waals surface area contributed by atoms with Crippen LogP contribution in [-0.2, 0) is 13.1 Å². The first-order valence-corrected chi connectivity index (χ1v) is 7.16. The van der Waals surface area contributed by atoms with Gasteiger partial charge in [-0.25, -0.2) is 4.39 Å². The minimum atomic E-state index is -0.102. The van der Waals surface area contributed by atoms with E-state index in [4.69, 9.17) is 0 Å². The van der Waals surface area contributed by atoms with Gasteiger partial charge in [0.05, 0.1) is 0 Å². The molecule has 0 amide bonds. The van der Waals surface area contributed by atoms with Gasteiger partial charge < -0.3 is 10.3 Å². The lowest BCUT2D eigenvalue weighted by Crippen LogP contribution is -2.13. The molecule has 0 fully saturated rings. The molecule has 0 atom stereocenters. The van der Waals surface area contributed by atoms with Crippen LogP contribution in [0.4, 0.5) is 4.39 Å². The van der Waals surface area contributed by atoms with Crippen molar-refractivity contribution in [2.75, 3.05) is 0 Å². The molecule has 0 bridgehead atoms. The highest BCUT2D eigenvalue weighted by Crippen LogP contribution is 2.17. The number of rotatable bonds is 4. The lowest BCUT2D eigenvalue weighted by atomic mass is 10.1. The van der Waals surface area contributed by atoms with Crippen LogP contribution in [0.5, 0.6) is 0 Å². The third-order valence-corrected chi connectivity index (χ3v) is 3.81. The van der Waals surface area contributed by atoms with Crippen LogP contribution in [0.25, 0.3) is 10.9 Å². The van der Waals surface area contributed by atoms with Gasteiger partial charge in [0.2, 0.25) is 0 Å². The zero-order valence-electron chi connectivity index (χ0n) is 12.3. The van der Waals surface area contributed by atoms with Gasteiger partial charge in [-0.2, -0.15) is 0 Å². The summed E-state index contributed by atoms with van der Waals surface area (Å²) in [7, 11) is 0. The van der Waals surface area contributed by atoms with E-state index in [2.05, 4.69) is 34.6 Å². The van der Waals surface area contributed by atoms with E-state index in [1.54, 1.807) is 0 Å². The molecule has 1 aromatic heterocycles. The molecule has 2 aromatic carbocycles. The Balaban J connectivity index is 1.70. The second kappa shape index (κ2) is 5.70. The number of para-hydroxylation sites is 1. The maximum absolute atomic E-state index is 13.6. The number of aromatic nitrogens is 1. The summed E-state index contributed by atoms with van der Waals surface area (Å²) in [6, 6.07) is 12.2. The van der Waals surface area contributed by atoms with Gasteiger partial charge in [0.1, 0.15) is 5.82 Å². The maximum Gasteiger partial charge on any atom is 0.129 e. The van der Waals surface area contributed by atoms with Crippen LogP contribution in [0, 0.1) is 19.7 Å². The van der Waals surface area contributed by atoms with Gasteiger partial charge in [0, 0.05) is 24.8 Å². The summed E-state index contributed by atoms with van der Waals surface area (Å²) in [5.41, 5.74) is 4.95. The Labute approximate surface area is 124 Å². The summed E-state index contributed by atoms with van der Waals surface area (Å²) in [5.74, 6) is -0.102. The van der Waals surface area contributed by atoms with E-state index in [1.807, 2.05) is 32.2 Å². The summed E-state index contributed by atoms with van der Waals surface area (Å²) in [5, 5.41) is 4.66. The highest BCUT2D eigenvalue weighted by molar-refractivity contribution is 5.82. The molecule has 0 saturated heterocycles. The minimum absolute atomic E-state index is 0.102. The third-order valence-electron chi connectivity index (χ3n) is 3.81. The van der Waals surface area contributed by atoms with Gasteiger partial charge >= 0.3 is 0 Å². The lowest BCUT2D eigenvalue weighted by Gasteiger charge is -2.09. The smallest absolute Gasteiger partial charge is 0.129 e. The van der Waals surface area contributed by atoms with Crippen molar-refractivity contribution in [2.45, 2.75) is 26.9 Å². The van der Waals surface area contributed by atoms with Gasteiger partial charge in [-0.15, -0.1) is 0 Å². The molecule has 0 unspecified atom stereocenters. The number of halogens is 1. The van der Waals surface area contributed by atoms with E-state index in [9.17, 15) is 4.39 Å². The van der Waals surface area contributed by atoms with E-state index < -0.39 is 0 Å². The lowest BCUT2D eigenvalue weighted by molar-refractivity contribution is 0.606. The minimum Gasteiger partial charge on any atom is -0.361 e. The highest BCUT2D eigenvalue weighted by Gasteiger charge is 2.05. The van der Waals surface area contributed by atoms with Crippen LogP contribution < -0.4 is 5.32 Å². The van der Waals surface area contributed by atoms with Gasteiger partial charge in [0.25, 0.3) is 0 Å². The fraction of sp³-hybridized carbons (Fsp3) is 0.222. The first kappa shape index (κ1) is 13.8. The quantitative estimate of drug-likeness (QED) is 0.737. The average Bonchev–Trinajstić information content (AvgIpc) is 2.94. The number of nitrogens with one attached hydrogen (secondary N) is 2. The van der Waals surface area contributed by atoms with Crippen molar-refractivity contribution in [3.8, 4) is 0 Å². The largest absolute Gasteiger partial charge is 0.361 e. The Hall–Kier alpha value is -2.13. The fourth-order valence-electron chi connectivity index (χ4n) is 2.78. The molecule has 2 N–H and O–H groups in total. The average molecular weight is 282 g/mol. The Morgan fingerprint density at radius 2 is 1.81 bits per heavy atom. The summed E-state index contributed by atoms with van der Waals surface area (Å²) in [6.45, 7) is 5.14. The molecule has 0 aliphatic heterocycles. The van der Waals surface area contributed by atoms with E-state index in [-0.39, 0.29) is 5.82 Å². The van der Waals surface area contributed by atoms with Crippen LogP contribution in [0.1, 0.15) is 22.3 Å². The number of hydrogen-bond acceptors (Lipinski definition) is 1. The molecule has 1 heterocycles. The predicted octanol–water partition coefficient (Wildman–Crippen LogP) is 4.21. The van der Waals surface area contributed by atoms with Crippen molar-refractivity contribution in [1.29, 1.82) is 0 Å². The molecule has 3 aromatic rings. The molecule has 0 aliphatic carbocycles. The Morgan fingerprint density at radius 3 is 2.57 bits per heavy atom. The maximum atomic E-state index is 13.6. The first-order chi connectivity index (χ1) is 10.1. The second-order valence-corrected chi connectivity index (χ2v) is 5.51. The van der Waals surface area contributed by atoms with E-state index in [0.717, 1.165) is 18.7 Å². The summed E-state index contributed by atoms with van der Waals surface area (Å²) in [4.78, 5) is 3.27. The summed E-state index contributed by atoms with van der Waals surface area (Å²) in [6.07, 6.45) is 1.96. The van der Waals surface area contributed by atoms with E-state index in [0.29, 0.717) is 11.1 Å². The Morgan fingerprint density at radius 1 is 1.05 bits per heavy atom. The van der Waals surface area contributed by atoms with Crippen molar-refractivity contribution < 1.29 is 4.39 Å². The molecule has 3 heteroatoms. The molecule has 21 heavy (non-hydrogen) atoms.